The second-order valence-electron chi connectivity index (χ2n) is 8.98. The third-order valence-electron chi connectivity index (χ3n) is 6.54. The third kappa shape index (κ3) is 5.18. The van der Waals surface area contributed by atoms with Crippen molar-refractivity contribution in [3.63, 3.8) is 0 Å². The van der Waals surface area contributed by atoms with E-state index in [0.29, 0.717) is 12.8 Å². The summed E-state index contributed by atoms with van der Waals surface area (Å²) in [5.41, 5.74) is -1.54. The first-order valence-electron chi connectivity index (χ1n) is 11.9. The fraction of sp³-hybridized carbons (Fsp3) is 0.458. The Labute approximate surface area is 207 Å². The van der Waals surface area contributed by atoms with Gasteiger partial charge in [0, 0.05) is 13.7 Å². The predicted octanol–water partition coefficient (Wildman–Crippen LogP) is 0.988. The minimum atomic E-state index is -0.956. The summed E-state index contributed by atoms with van der Waals surface area (Å²) in [5.74, 6) is -1.21. The van der Waals surface area contributed by atoms with Crippen molar-refractivity contribution >= 4 is 29.4 Å². The molecule has 1 saturated carbocycles. The van der Waals surface area contributed by atoms with Gasteiger partial charge in [0.2, 0.25) is 5.91 Å². The highest BCUT2D eigenvalue weighted by molar-refractivity contribution is 6.10. The Morgan fingerprint density at radius 1 is 1.08 bits per heavy atom. The molecule has 4 N–H and O–H groups in total. The van der Waals surface area contributed by atoms with Gasteiger partial charge in [0.05, 0.1) is 13.2 Å². The normalized spacial score (nSPS) is 16.8. The van der Waals surface area contributed by atoms with E-state index in [1.165, 1.54) is 11.7 Å². The lowest BCUT2D eigenvalue weighted by Gasteiger charge is -2.30. The second kappa shape index (κ2) is 10.8. The van der Waals surface area contributed by atoms with E-state index < -0.39 is 41.2 Å². The zero-order chi connectivity index (χ0) is 25.7. The van der Waals surface area contributed by atoms with Crippen LogP contribution in [0.15, 0.2) is 39.9 Å². The topological polar surface area (TPSA) is 155 Å². The van der Waals surface area contributed by atoms with Crippen molar-refractivity contribution in [2.45, 2.75) is 50.7 Å². The molecule has 4 amide bonds. The second-order valence-corrected chi connectivity index (χ2v) is 8.98. The number of aromatic nitrogens is 2. The molecule has 1 aliphatic carbocycles. The lowest BCUT2D eigenvalue weighted by molar-refractivity contribution is -0.134. The van der Waals surface area contributed by atoms with Gasteiger partial charge in [-0.1, -0.05) is 49.6 Å². The quantitative estimate of drug-likeness (QED) is 0.376. The maximum Gasteiger partial charge on any atom is 0.330 e. The molecule has 0 radical (unpaired) electrons. The molecule has 2 aliphatic rings. The van der Waals surface area contributed by atoms with Gasteiger partial charge in [-0.15, -0.1) is 0 Å². The Bertz CT molecular complexity index is 1250. The van der Waals surface area contributed by atoms with Crippen molar-refractivity contribution in [2.24, 2.45) is 0 Å². The molecule has 1 aromatic heterocycles. The summed E-state index contributed by atoms with van der Waals surface area (Å²) in [6.07, 6.45) is 3.70. The van der Waals surface area contributed by atoms with Gasteiger partial charge in [0.15, 0.2) is 0 Å². The number of hydrogen-bond acceptors (Lipinski definition) is 7. The summed E-state index contributed by atoms with van der Waals surface area (Å²) in [5, 5.41) is 8.33. The fourth-order valence-corrected chi connectivity index (χ4v) is 4.68. The highest BCUT2D eigenvalue weighted by atomic mass is 16.5. The SMILES string of the molecule is COCCn1c(NC(=O)CN2C(=O)NC3(CCCCC3)C2=O)c(NCc2ccccc2)c(=O)[nH]c1=O. The number of carbonyl (C=O) groups is 3. The van der Waals surface area contributed by atoms with Crippen LogP contribution in [-0.2, 0) is 27.4 Å². The largest absolute Gasteiger partial charge is 0.383 e. The number of urea groups is 1. The van der Waals surface area contributed by atoms with E-state index in [9.17, 15) is 24.0 Å². The lowest BCUT2D eigenvalue weighted by atomic mass is 9.82. The van der Waals surface area contributed by atoms with Crippen molar-refractivity contribution in [2.75, 3.05) is 30.9 Å². The van der Waals surface area contributed by atoms with Gasteiger partial charge in [0.25, 0.3) is 11.5 Å². The first-order chi connectivity index (χ1) is 17.3. The fourth-order valence-electron chi connectivity index (χ4n) is 4.68. The van der Waals surface area contributed by atoms with E-state index in [4.69, 9.17) is 4.74 Å². The standard InChI is InChI=1S/C24H30N6O6/c1-36-13-12-29-19(18(20(32)27-22(29)34)25-14-16-8-4-2-5-9-16)26-17(31)15-30-21(33)24(28-23(30)35)10-6-3-7-11-24/h2,4-5,8-9,25H,3,6-7,10-15H2,1H3,(H,26,31)(H,28,35)(H,27,32,34). The van der Waals surface area contributed by atoms with Crippen LogP contribution in [0.5, 0.6) is 0 Å². The zero-order valence-electron chi connectivity index (χ0n) is 20.1. The summed E-state index contributed by atoms with van der Waals surface area (Å²) < 4.78 is 6.24. The summed E-state index contributed by atoms with van der Waals surface area (Å²) in [6, 6.07) is 8.65. The molecular formula is C24H30N6O6. The number of imide groups is 1. The molecule has 0 bridgehead atoms. The number of anilines is 2. The minimum absolute atomic E-state index is 0.0242. The number of hydrogen-bond donors (Lipinski definition) is 4. The number of benzene rings is 1. The van der Waals surface area contributed by atoms with E-state index in [2.05, 4.69) is 20.9 Å². The Morgan fingerprint density at radius 2 is 1.81 bits per heavy atom. The molecule has 192 valence electrons. The zero-order valence-corrected chi connectivity index (χ0v) is 20.1. The molecular weight excluding hydrogens is 468 g/mol. The number of nitrogens with one attached hydrogen (secondary N) is 4. The molecule has 1 aliphatic heterocycles. The molecule has 12 heteroatoms. The number of aromatic amines is 1. The summed E-state index contributed by atoms with van der Waals surface area (Å²) in [4.78, 5) is 67.1. The van der Waals surface area contributed by atoms with Crippen LogP contribution in [0.4, 0.5) is 16.3 Å². The monoisotopic (exact) mass is 498 g/mol. The maximum atomic E-state index is 13.0. The molecule has 36 heavy (non-hydrogen) atoms. The van der Waals surface area contributed by atoms with Gasteiger partial charge in [-0.3, -0.25) is 28.8 Å². The van der Waals surface area contributed by atoms with Gasteiger partial charge in [-0.05, 0) is 18.4 Å². The molecule has 2 heterocycles. The first kappa shape index (κ1) is 25.2. The Morgan fingerprint density at radius 3 is 2.50 bits per heavy atom. The van der Waals surface area contributed by atoms with Crippen molar-refractivity contribution in [1.29, 1.82) is 0 Å². The van der Waals surface area contributed by atoms with Crippen molar-refractivity contribution in [1.82, 2.24) is 19.8 Å². The van der Waals surface area contributed by atoms with Gasteiger partial charge in [-0.25, -0.2) is 9.59 Å². The molecule has 0 atom stereocenters. The van der Waals surface area contributed by atoms with Crippen LogP contribution in [-0.4, -0.2) is 58.1 Å². The number of rotatable bonds is 9. The van der Waals surface area contributed by atoms with E-state index in [1.807, 2.05) is 30.3 Å². The molecule has 1 spiro atoms. The van der Waals surface area contributed by atoms with E-state index >= 15 is 0 Å². The van der Waals surface area contributed by atoms with Crippen molar-refractivity contribution in [3.8, 4) is 0 Å². The van der Waals surface area contributed by atoms with E-state index in [0.717, 1.165) is 29.7 Å². The summed E-state index contributed by atoms with van der Waals surface area (Å²) >= 11 is 0. The first-order valence-corrected chi connectivity index (χ1v) is 11.9. The van der Waals surface area contributed by atoms with E-state index in [1.54, 1.807) is 0 Å². The van der Waals surface area contributed by atoms with Crippen LogP contribution in [0, 0.1) is 0 Å². The van der Waals surface area contributed by atoms with Crippen molar-refractivity contribution < 1.29 is 19.1 Å². The maximum absolute atomic E-state index is 13.0. The van der Waals surface area contributed by atoms with Gasteiger partial charge < -0.3 is 20.7 Å². The molecule has 2 aromatic rings. The van der Waals surface area contributed by atoms with Crippen LogP contribution >= 0.6 is 0 Å². The number of methoxy groups -OCH3 is 1. The Hall–Kier alpha value is -3.93. The average Bonchev–Trinajstić information content (AvgIpc) is 3.08. The van der Waals surface area contributed by atoms with Crippen LogP contribution < -0.4 is 27.2 Å². The highest BCUT2D eigenvalue weighted by Gasteiger charge is 2.51. The minimum Gasteiger partial charge on any atom is -0.383 e. The highest BCUT2D eigenvalue weighted by Crippen LogP contribution is 2.33. The molecule has 4 rings (SSSR count). The van der Waals surface area contributed by atoms with Gasteiger partial charge in [-0.2, -0.15) is 0 Å². The number of nitrogens with zero attached hydrogens (tertiary/aromatic N) is 2. The van der Waals surface area contributed by atoms with Crippen LogP contribution in [0.1, 0.15) is 37.7 Å². The molecule has 2 fully saturated rings. The lowest BCUT2D eigenvalue weighted by Crippen LogP contribution is -2.48. The average molecular weight is 499 g/mol. The number of ether oxygens (including phenoxy) is 1. The van der Waals surface area contributed by atoms with Gasteiger partial charge in [0.1, 0.15) is 23.6 Å². The van der Waals surface area contributed by atoms with Crippen molar-refractivity contribution in [3.05, 3.63) is 56.7 Å². The Balaban J connectivity index is 1.58. The Kier molecular flexibility index (Phi) is 7.53. The van der Waals surface area contributed by atoms with Gasteiger partial charge >= 0.3 is 11.7 Å². The number of carbonyl (C=O) groups excluding carboxylic acids is 3. The third-order valence-corrected chi connectivity index (χ3v) is 6.54. The molecule has 1 aromatic carbocycles. The van der Waals surface area contributed by atoms with Crippen LogP contribution in [0.25, 0.3) is 0 Å². The molecule has 0 unspecified atom stereocenters. The summed E-state index contributed by atoms with van der Waals surface area (Å²) in [6.45, 7) is -0.100. The summed E-state index contributed by atoms with van der Waals surface area (Å²) in [7, 11) is 1.46. The molecule has 1 saturated heterocycles. The number of amides is 4. The van der Waals surface area contributed by atoms with Crippen LogP contribution in [0.3, 0.4) is 0 Å². The molecule has 12 nitrogen and oxygen atoms in total. The van der Waals surface area contributed by atoms with Crippen LogP contribution in [0.2, 0.25) is 0 Å². The number of H-pyrrole nitrogens is 1. The smallest absolute Gasteiger partial charge is 0.330 e. The predicted molar refractivity (Wildman–Crippen MR) is 132 cm³/mol. The van der Waals surface area contributed by atoms with E-state index in [-0.39, 0.29) is 31.2 Å².